The highest BCUT2D eigenvalue weighted by Crippen LogP contribution is 2.55. The molecule has 0 radical (unpaired) electrons. The molecule has 0 spiro atoms. The Bertz CT molecular complexity index is 1090. The summed E-state index contributed by atoms with van der Waals surface area (Å²) < 4.78 is 19.2. The van der Waals surface area contributed by atoms with Crippen LogP contribution >= 0.6 is 0 Å². The summed E-state index contributed by atoms with van der Waals surface area (Å²) in [5.41, 5.74) is 5.17. The Hall–Kier alpha value is -2.05. The molecule has 11 heteroatoms. The van der Waals surface area contributed by atoms with E-state index in [4.69, 9.17) is 19.9 Å². The Morgan fingerprint density at radius 1 is 1.20 bits per heavy atom. The lowest BCUT2D eigenvalue weighted by atomic mass is 9.67. The van der Waals surface area contributed by atoms with Crippen molar-refractivity contribution in [1.29, 1.82) is 0 Å². The molecular weight excluding hydrogens is 564 g/mol. The fraction of sp³-hybridized carbons (Fsp3) is 0.848. The number of hydrogen-bond donors (Lipinski definition) is 4. The number of nitrogens with zero attached hydrogens (tertiary/aromatic N) is 1. The first-order valence-corrected chi connectivity index (χ1v) is 17.0. The van der Waals surface area contributed by atoms with Gasteiger partial charge in [-0.2, -0.15) is 0 Å². The topological polar surface area (TPSA) is 162 Å². The number of piperidine rings is 1. The van der Waals surface area contributed by atoms with Crippen molar-refractivity contribution < 1.29 is 44.3 Å². The minimum Gasteiger partial charge on any atom is -0.462 e. The number of carbonyl (C=O) groups is 3. The lowest BCUT2D eigenvalue weighted by Crippen LogP contribution is -2.96. The van der Waals surface area contributed by atoms with Crippen molar-refractivity contribution in [1.82, 2.24) is 4.90 Å². The second kappa shape index (κ2) is 13.7. The van der Waals surface area contributed by atoms with Gasteiger partial charge in [-0.15, -0.1) is 0 Å². The van der Waals surface area contributed by atoms with Crippen molar-refractivity contribution in [2.45, 2.75) is 108 Å². The van der Waals surface area contributed by atoms with Gasteiger partial charge in [-0.05, 0) is 64.2 Å². The van der Waals surface area contributed by atoms with E-state index in [1.807, 2.05) is 18.7 Å². The number of amides is 1. The number of nitrogens with two attached hydrogens (primary N) is 3. The molecule has 5 fully saturated rings. The molecule has 1 aliphatic carbocycles. The number of ether oxygens (including phenoxy) is 3. The van der Waals surface area contributed by atoms with Crippen molar-refractivity contribution in [3.05, 3.63) is 11.6 Å². The van der Waals surface area contributed by atoms with Crippen molar-refractivity contribution in [3.8, 4) is 0 Å². The molecule has 44 heavy (non-hydrogen) atoms. The summed E-state index contributed by atoms with van der Waals surface area (Å²) in [7, 11) is 2.07. The lowest BCUT2D eigenvalue weighted by Gasteiger charge is -2.47. The van der Waals surface area contributed by atoms with Gasteiger partial charge in [0, 0.05) is 69.2 Å². The van der Waals surface area contributed by atoms with Crippen LogP contribution in [0.25, 0.3) is 0 Å². The summed E-state index contributed by atoms with van der Waals surface area (Å²) in [6, 6.07) is 0. The zero-order chi connectivity index (χ0) is 31.6. The van der Waals surface area contributed by atoms with Gasteiger partial charge in [0.15, 0.2) is 0 Å². The highest BCUT2D eigenvalue weighted by Gasteiger charge is 2.61. The molecule has 0 bridgehead atoms. The van der Waals surface area contributed by atoms with Crippen LogP contribution in [0, 0.1) is 29.6 Å². The number of likely N-dealkylation sites (tertiary alicyclic amines) is 1. The van der Waals surface area contributed by atoms with Gasteiger partial charge in [0.05, 0.1) is 26.2 Å². The van der Waals surface area contributed by atoms with Crippen LogP contribution in [-0.4, -0.2) is 97.3 Å². The van der Waals surface area contributed by atoms with E-state index in [2.05, 4.69) is 17.7 Å². The summed E-state index contributed by atoms with van der Waals surface area (Å²) in [5.74, 6) is 1.06. The molecule has 1 saturated carbocycles. The van der Waals surface area contributed by atoms with E-state index in [1.54, 1.807) is 13.0 Å². The van der Waals surface area contributed by atoms with Crippen LogP contribution < -0.4 is 16.4 Å². The first kappa shape index (κ1) is 33.3. The quantitative estimate of drug-likeness (QED) is 0.183. The van der Waals surface area contributed by atoms with Crippen molar-refractivity contribution in [2.24, 2.45) is 35.3 Å². The molecule has 8 atom stereocenters. The molecule has 8 unspecified atom stereocenters. The average molecular weight is 621 g/mol. The number of quaternary nitrogens is 2. The number of hydrogen-bond acceptors (Lipinski definition) is 8. The lowest BCUT2D eigenvalue weighted by molar-refractivity contribution is -0.706. The molecule has 0 aromatic heterocycles. The number of aliphatic hydroxyl groups excluding tert-OH is 1. The number of carbonyl (C=O) groups excluding carboxylic acids is 3. The van der Waals surface area contributed by atoms with Gasteiger partial charge in [-0.1, -0.05) is 6.08 Å². The second-order valence-electron chi connectivity index (χ2n) is 14.7. The van der Waals surface area contributed by atoms with Gasteiger partial charge in [-0.3, -0.25) is 15.3 Å². The maximum atomic E-state index is 13.4. The molecule has 11 nitrogen and oxygen atoms in total. The monoisotopic (exact) mass is 620 g/mol. The number of aliphatic hydroxyl groups is 1. The maximum Gasteiger partial charge on any atom is 0.334 e. The first-order chi connectivity index (χ1) is 21.0. The Labute approximate surface area is 262 Å². The second-order valence-corrected chi connectivity index (χ2v) is 14.7. The standard InChI is InChI=1S/C33H54N4O7/c1-5-21(8-9-38)31(41)44-32(2,3)33(15-24-10-22-6-7-30(40)42-26(22)13-27(24)43-33)14-23-11-28(34)36-17-25(23)12-29(39)37-18-20(19-37)16-35-4/h5,20,22-28,35-36,38H,6-19,34H2,1-4H3/p+2. The van der Waals surface area contributed by atoms with Crippen LogP contribution in [-0.2, 0) is 28.6 Å². The number of rotatable bonds is 11. The third-order valence-corrected chi connectivity index (χ3v) is 11.4. The van der Waals surface area contributed by atoms with E-state index in [9.17, 15) is 19.5 Å². The Balaban J connectivity index is 1.38. The summed E-state index contributed by atoms with van der Waals surface area (Å²) >= 11 is 0. The van der Waals surface area contributed by atoms with E-state index in [-0.39, 0.29) is 61.0 Å². The number of fused-ring (bicyclic) bond motifs is 2. The molecular formula is C33H56N4O7+2. The fourth-order valence-corrected chi connectivity index (χ4v) is 8.76. The Morgan fingerprint density at radius 2 is 1.98 bits per heavy atom. The van der Waals surface area contributed by atoms with Gasteiger partial charge in [-0.25, -0.2) is 4.79 Å². The number of esters is 2. The molecule has 4 aliphatic heterocycles. The zero-order valence-electron chi connectivity index (χ0n) is 27.2. The van der Waals surface area contributed by atoms with Gasteiger partial charge < -0.3 is 34.9 Å². The molecule has 1 amide bonds. The van der Waals surface area contributed by atoms with Crippen molar-refractivity contribution >= 4 is 17.8 Å². The minimum atomic E-state index is -0.992. The van der Waals surface area contributed by atoms with Gasteiger partial charge in [0.25, 0.3) is 0 Å². The molecule has 4 saturated heterocycles. The predicted molar refractivity (Wildman–Crippen MR) is 162 cm³/mol. The largest absolute Gasteiger partial charge is 0.462 e. The molecule has 7 N–H and O–H groups in total. The van der Waals surface area contributed by atoms with E-state index < -0.39 is 17.2 Å². The van der Waals surface area contributed by atoms with Gasteiger partial charge >= 0.3 is 11.9 Å². The molecule has 5 aliphatic rings. The van der Waals surface area contributed by atoms with Crippen LogP contribution in [0.3, 0.4) is 0 Å². The summed E-state index contributed by atoms with van der Waals surface area (Å²) in [4.78, 5) is 40.9. The number of allylic oxidation sites excluding steroid dienone is 1. The van der Waals surface area contributed by atoms with Crippen LogP contribution in [0.5, 0.6) is 0 Å². The average Bonchev–Trinajstić information content (AvgIpc) is 3.31. The first-order valence-electron chi connectivity index (χ1n) is 17.0. The SMILES string of the molecule is CC=C(CCO)C(=O)OC(C)(C)C1(CC2CC(N)[NH2+]CC2CC(=O)N2CC(C[NH2+]C)C2)CC2CC3CCC(=O)OC3CC2O1. The maximum absolute atomic E-state index is 13.4. The highest BCUT2D eigenvalue weighted by atomic mass is 16.6. The van der Waals surface area contributed by atoms with Gasteiger partial charge in [0.2, 0.25) is 5.91 Å². The molecule has 4 heterocycles. The Kier molecular flexibility index (Phi) is 10.4. The van der Waals surface area contributed by atoms with E-state index >= 15 is 0 Å². The predicted octanol–water partition coefficient (Wildman–Crippen LogP) is -0.187. The fourth-order valence-electron chi connectivity index (χ4n) is 8.76. The highest BCUT2D eigenvalue weighted by molar-refractivity contribution is 5.88. The molecule has 248 valence electrons. The van der Waals surface area contributed by atoms with Crippen LogP contribution in [0.2, 0.25) is 0 Å². The minimum absolute atomic E-state index is 0.0623. The normalized spacial score (nSPS) is 36.2. The third kappa shape index (κ3) is 7.02. The van der Waals surface area contributed by atoms with Gasteiger partial charge in [0.1, 0.15) is 23.5 Å². The zero-order valence-corrected chi connectivity index (χ0v) is 27.2. The van der Waals surface area contributed by atoms with E-state index in [1.165, 1.54) is 0 Å². The van der Waals surface area contributed by atoms with Crippen LogP contribution in [0.4, 0.5) is 0 Å². The molecule has 5 rings (SSSR count). The summed E-state index contributed by atoms with van der Waals surface area (Å²) in [5, 5.41) is 13.9. The van der Waals surface area contributed by atoms with Crippen LogP contribution in [0.1, 0.15) is 78.6 Å². The summed E-state index contributed by atoms with van der Waals surface area (Å²) in [6.45, 7) is 9.02. The molecule has 0 aromatic rings. The molecule has 0 aromatic carbocycles. The van der Waals surface area contributed by atoms with E-state index in [0.29, 0.717) is 43.1 Å². The third-order valence-electron chi connectivity index (χ3n) is 11.4. The smallest absolute Gasteiger partial charge is 0.334 e. The van der Waals surface area contributed by atoms with Crippen molar-refractivity contribution in [3.63, 3.8) is 0 Å². The van der Waals surface area contributed by atoms with Crippen molar-refractivity contribution in [2.75, 3.05) is 39.8 Å². The summed E-state index contributed by atoms with van der Waals surface area (Å²) in [6.07, 6.45) is 7.12. The van der Waals surface area contributed by atoms with E-state index in [0.717, 1.165) is 51.9 Å². The Morgan fingerprint density at radius 3 is 2.68 bits per heavy atom. The van der Waals surface area contributed by atoms with Crippen LogP contribution in [0.15, 0.2) is 11.6 Å².